The maximum Gasteiger partial charge on any atom is 0.416 e. The van der Waals surface area contributed by atoms with Crippen LogP contribution in [0.25, 0.3) is 5.57 Å². The molecule has 0 aliphatic heterocycles. The molecule has 0 bridgehead atoms. The topological polar surface area (TPSA) is 65.1 Å². The summed E-state index contributed by atoms with van der Waals surface area (Å²) < 4.78 is 13.1. The highest BCUT2D eigenvalue weighted by atomic mass is 35.6. The Bertz CT molecular complexity index is 745. The van der Waals surface area contributed by atoms with E-state index in [9.17, 15) is 9.59 Å². The van der Waals surface area contributed by atoms with Gasteiger partial charge in [0.05, 0.1) is 27.4 Å². The predicted octanol–water partition coefficient (Wildman–Crippen LogP) is 4.60. The van der Waals surface area contributed by atoms with E-state index in [2.05, 4.69) is 0 Å². The van der Waals surface area contributed by atoms with Gasteiger partial charge in [-0.15, -0.1) is 0 Å². The van der Waals surface area contributed by atoms with Crippen molar-refractivity contribution in [3.8, 4) is 11.5 Å². The molecule has 1 aromatic rings. The highest BCUT2D eigenvalue weighted by Crippen LogP contribution is 2.38. The lowest BCUT2D eigenvalue weighted by atomic mass is 9.88. The summed E-state index contributed by atoms with van der Waals surface area (Å²) in [4.78, 5) is 25.8. The number of benzene rings is 1. The molecule has 0 aromatic heterocycles. The van der Waals surface area contributed by atoms with Gasteiger partial charge in [0.15, 0.2) is 11.5 Å². The Kier molecular flexibility index (Phi) is 7.25. The molecule has 27 heavy (non-hydrogen) atoms. The van der Waals surface area contributed by atoms with Crippen LogP contribution >= 0.6 is 34.8 Å². The lowest BCUT2D eigenvalue weighted by Gasteiger charge is -2.34. The molecule has 1 aliphatic carbocycles. The highest BCUT2D eigenvalue weighted by Gasteiger charge is 2.44. The minimum absolute atomic E-state index is 0.516. The molecular formula is C18H20Cl3NO5. The Hall–Kier alpha value is -1.63. The van der Waals surface area contributed by atoms with Crippen molar-refractivity contribution in [2.75, 3.05) is 21.3 Å². The van der Waals surface area contributed by atoms with E-state index in [0.717, 1.165) is 28.9 Å². The fourth-order valence-corrected chi connectivity index (χ4v) is 3.31. The van der Waals surface area contributed by atoms with E-state index in [4.69, 9.17) is 49.0 Å². The third-order valence-corrected chi connectivity index (χ3v) is 4.75. The molecule has 1 aromatic carbocycles. The second kappa shape index (κ2) is 9.04. The third kappa shape index (κ3) is 4.81. The highest BCUT2D eigenvalue weighted by molar-refractivity contribution is 6.76. The summed E-state index contributed by atoms with van der Waals surface area (Å²) in [5.74, 6) is 0.131. The molecule has 0 fully saturated rings. The summed E-state index contributed by atoms with van der Waals surface area (Å²) in [5, 5.41) is 0. The number of rotatable bonds is 4. The van der Waals surface area contributed by atoms with Gasteiger partial charge >= 0.3 is 6.09 Å². The van der Waals surface area contributed by atoms with Crippen LogP contribution in [0.5, 0.6) is 11.5 Å². The average Bonchev–Trinajstić information content (AvgIpc) is 2.67. The van der Waals surface area contributed by atoms with Gasteiger partial charge in [-0.2, -0.15) is 0 Å². The number of nitrogens with zero attached hydrogens (tertiary/aromatic N) is 1. The standard InChI is InChI=1S/C18H20Cl3NO5/c1-25-14-9-8-11(10-15(14)26-2)12-6-4-5-7-13(12)22(17(24)27-3)16(23)18(19,20)21/h6,8-10,13H,4-5,7H2,1-3H3. The zero-order valence-corrected chi connectivity index (χ0v) is 17.4. The van der Waals surface area contributed by atoms with Gasteiger partial charge in [0.25, 0.3) is 9.70 Å². The number of halogens is 3. The van der Waals surface area contributed by atoms with Crippen LogP contribution < -0.4 is 9.47 Å². The predicted molar refractivity (Wildman–Crippen MR) is 105 cm³/mol. The van der Waals surface area contributed by atoms with Gasteiger partial charge in [-0.25, -0.2) is 9.69 Å². The number of carbonyl (C=O) groups is 2. The molecule has 0 spiro atoms. The second-order valence-corrected chi connectivity index (χ2v) is 8.10. The first-order chi connectivity index (χ1) is 12.7. The van der Waals surface area contributed by atoms with Gasteiger partial charge in [0.2, 0.25) is 0 Å². The number of hydrogen-bond acceptors (Lipinski definition) is 5. The molecule has 0 saturated heterocycles. The lowest BCUT2D eigenvalue weighted by Crippen LogP contribution is -2.50. The second-order valence-electron chi connectivity index (χ2n) is 5.82. The van der Waals surface area contributed by atoms with E-state index in [1.54, 1.807) is 19.2 Å². The van der Waals surface area contributed by atoms with Gasteiger partial charge in [-0.3, -0.25) is 4.79 Å². The minimum atomic E-state index is -2.28. The molecule has 2 amide bonds. The van der Waals surface area contributed by atoms with E-state index in [0.29, 0.717) is 17.9 Å². The van der Waals surface area contributed by atoms with Gasteiger partial charge in [-0.05, 0) is 42.5 Å². The van der Waals surface area contributed by atoms with Crippen molar-refractivity contribution in [2.45, 2.75) is 29.1 Å². The molecule has 9 heteroatoms. The van der Waals surface area contributed by atoms with Crippen LogP contribution in [0.4, 0.5) is 4.79 Å². The van der Waals surface area contributed by atoms with Crippen molar-refractivity contribution in [3.63, 3.8) is 0 Å². The van der Waals surface area contributed by atoms with Crippen molar-refractivity contribution >= 4 is 52.4 Å². The number of amides is 2. The SMILES string of the molecule is COC(=O)N(C(=O)C(Cl)(Cl)Cl)C1CCCC=C1c1ccc(OC)c(OC)c1. The summed E-state index contributed by atoms with van der Waals surface area (Å²) in [6, 6.07) is 4.71. The molecule has 1 unspecified atom stereocenters. The van der Waals surface area contributed by atoms with Crippen molar-refractivity contribution in [1.82, 2.24) is 4.90 Å². The number of carbonyl (C=O) groups excluding carboxylic acids is 2. The fraction of sp³-hybridized carbons (Fsp3) is 0.444. The van der Waals surface area contributed by atoms with Crippen LogP contribution in [-0.2, 0) is 9.53 Å². The Morgan fingerprint density at radius 2 is 1.78 bits per heavy atom. The quantitative estimate of drug-likeness (QED) is 0.645. The van der Waals surface area contributed by atoms with E-state index >= 15 is 0 Å². The molecule has 1 atom stereocenters. The summed E-state index contributed by atoms with van der Waals surface area (Å²) >= 11 is 17.3. The largest absolute Gasteiger partial charge is 0.493 e. The van der Waals surface area contributed by atoms with E-state index in [1.165, 1.54) is 14.2 Å². The minimum Gasteiger partial charge on any atom is -0.493 e. The summed E-state index contributed by atoms with van der Waals surface area (Å²) in [6.45, 7) is 0. The molecule has 6 nitrogen and oxygen atoms in total. The normalized spacial score (nSPS) is 17.0. The molecule has 0 N–H and O–H groups in total. The lowest BCUT2D eigenvalue weighted by molar-refractivity contribution is -0.129. The van der Waals surface area contributed by atoms with Crippen molar-refractivity contribution in [3.05, 3.63) is 29.8 Å². The number of ether oxygens (including phenoxy) is 3. The van der Waals surface area contributed by atoms with E-state index < -0.39 is 21.8 Å². The van der Waals surface area contributed by atoms with Gasteiger partial charge in [-0.1, -0.05) is 46.9 Å². The first-order valence-corrected chi connectivity index (χ1v) is 9.28. The van der Waals surface area contributed by atoms with Crippen molar-refractivity contribution < 1.29 is 23.8 Å². The first-order valence-electron chi connectivity index (χ1n) is 8.15. The molecule has 148 valence electrons. The van der Waals surface area contributed by atoms with Crippen molar-refractivity contribution in [1.29, 1.82) is 0 Å². The number of imide groups is 1. The molecule has 0 heterocycles. The summed E-state index contributed by atoms with van der Waals surface area (Å²) in [6.07, 6.45) is 3.14. The van der Waals surface area contributed by atoms with Crippen LogP contribution in [0.15, 0.2) is 24.3 Å². The van der Waals surface area contributed by atoms with Gasteiger partial charge in [0.1, 0.15) is 0 Å². The van der Waals surface area contributed by atoms with E-state index in [-0.39, 0.29) is 0 Å². The van der Waals surface area contributed by atoms with Crippen LogP contribution in [0, 0.1) is 0 Å². The van der Waals surface area contributed by atoms with E-state index in [1.807, 2.05) is 12.1 Å². The molecule has 0 saturated carbocycles. The average molecular weight is 437 g/mol. The van der Waals surface area contributed by atoms with Gasteiger partial charge < -0.3 is 14.2 Å². The van der Waals surface area contributed by atoms with Gasteiger partial charge in [0, 0.05) is 0 Å². The molecule has 0 radical (unpaired) electrons. The molecule has 1 aliphatic rings. The Balaban J connectivity index is 2.50. The summed E-state index contributed by atoms with van der Waals surface area (Å²) in [5.41, 5.74) is 1.51. The fourth-order valence-electron chi connectivity index (χ4n) is 3.04. The Labute approximate surface area is 172 Å². The maximum absolute atomic E-state index is 12.6. The maximum atomic E-state index is 12.6. The number of methoxy groups -OCH3 is 3. The number of hydrogen-bond donors (Lipinski definition) is 0. The monoisotopic (exact) mass is 435 g/mol. The van der Waals surface area contributed by atoms with Crippen LogP contribution in [0.1, 0.15) is 24.8 Å². The molecule has 2 rings (SSSR count). The zero-order chi connectivity index (χ0) is 20.2. The van der Waals surface area contributed by atoms with Crippen molar-refractivity contribution in [2.24, 2.45) is 0 Å². The van der Waals surface area contributed by atoms with Crippen LogP contribution in [0.2, 0.25) is 0 Å². The Morgan fingerprint density at radius 3 is 2.33 bits per heavy atom. The summed E-state index contributed by atoms with van der Waals surface area (Å²) in [7, 11) is 4.24. The molecular weight excluding hydrogens is 417 g/mol. The van der Waals surface area contributed by atoms with Crippen LogP contribution in [0.3, 0.4) is 0 Å². The van der Waals surface area contributed by atoms with Crippen LogP contribution in [-0.4, -0.2) is 48.1 Å². The zero-order valence-electron chi connectivity index (χ0n) is 15.1. The number of alkyl halides is 3. The smallest absolute Gasteiger partial charge is 0.416 e. The number of allylic oxidation sites excluding steroid dienone is 1. The third-order valence-electron chi connectivity index (χ3n) is 4.27. The Morgan fingerprint density at radius 1 is 1.11 bits per heavy atom. The first kappa shape index (κ1) is 21.7.